The second kappa shape index (κ2) is 6.42. The molecule has 6 heteroatoms. The predicted octanol–water partition coefficient (Wildman–Crippen LogP) is 3.87. The molecular formula is C19H24N4OS. The Morgan fingerprint density at radius 3 is 2.48 bits per heavy atom. The molecule has 0 aliphatic carbocycles. The summed E-state index contributed by atoms with van der Waals surface area (Å²) in [6.07, 6.45) is 2.75. The number of aromatic hydroxyl groups is 1. The molecule has 1 aliphatic heterocycles. The van der Waals surface area contributed by atoms with Gasteiger partial charge in [-0.15, -0.1) is 0 Å². The summed E-state index contributed by atoms with van der Waals surface area (Å²) in [5.74, 6) is 1.52. The van der Waals surface area contributed by atoms with Gasteiger partial charge in [-0.25, -0.2) is 4.98 Å². The normalized spacial score (nSPS) is 23.2. The summed E-state index contributed by atoms with van der Waals surface area (Å²) in [6.45, 7) is 8.81. The molecule has 3 aromatic rings. The van der Waals surface area contributed by atoms with Crippen LogP contribution in [0.1, 0.15) is 42.3 Å². The van der Waals surface area contributed by atoms with E-state index in [1.165, 1.54) is 39.7 Å². The highest BCUT2D eigenvalue weighted by atomic mass is 32.1. The molecular weight excluding hydrogens is 332 g/mol. The molecule has 3 atom stereocenters. The molecule has 0 spiro atoms. The fraction of sp³-hybridized carbons (Fsp3) is 0.474. The largest absolute Gasteiger partial charge is 0.492 e. The van der Waals surface area contributed by atoms with Gasteiger partial charge >= 0.3 is 0 Å². The van der Waals surface area contributed by atoms with Crippen LogP contribution in [0.3, 0.4) is 0 Å². The second-order valence-electron chi connectivity index (χ2n) is 7.46. The van der Waals surface area contributed by atoms with E-state index in [2.05, 4.69) is 60.0 Å². The van der Waals surface area contributed by atoms with Crippen LogP contribution in [0.2, 0.25) is 0 Å². The molecule has 4 rings (SSSR count). The third kappa shape index (κ3) is 3.04. The Morgan fingerprint density at radius 2 is 1.84 bits per heavy atom. The number of benzene rings is 1. The fourth-order valence-electron chi connectivity index (χ4n) is 4.07. The van der Waals surface area contributed by atoms with Gasteiger partial charge in [-0.1, -0.05) is 55.0 Å². The number of fused-ring (bicyclic) bond motifs is 1. The van der Waals surface area contributed by atoms with Gasteiger partial charge in [-0.2, -0.15) is 9.61 Å². The minimum atomic E-state index is 0.0410. The number of hydrogen-bond acceptors (Lipinski definition) is 5. The van der Waals surface area contributed by atoms with Crippen molar-refractivity contribution in [1.29, 1.82) is 0 Å². The monoisotopic (exact) mass is 356 g/mol. The van der Waals surface area contributed by atoms with Crippen LogP contribution in [0.4, 0.5) is 0 Å². The van der Waals surface area contributed by atoms with Crippen LogP contribution >= 0.6 is 11.3 Å². The van der Waals surface area contributed by atoms with Gasteiger partial charge in [0.1, 0.15) is 6.33 Å². The first-order chi connectivity index (χ1) is 12.0. The molecule has 0 saturated carbocycles. The van der Waals surface area contributed by atoms with Gasteiger partial charge in [-0.05, 0) is 30.7 Å². The number of thiazole rings is 1. The van der Waals surface area contributed by atoms with Crippen LogP contribution in [-0.4, -0.2) is 37.7 Å². The minimum Gasteiger partial charge on any atom is -0.492 e. The topological polar surface area (TPSA) is 53.7 Å². The van der Waals surface area contributed by atoms with Crippen molar-refractivity contribution < 1.29 is 5.11 Å². The van der Waals surface area contributed by atoms with Gasteiger partial charge in [0, 0.05) is 13.1 Å². The second-order valence-corrected chi connectivity index (χ2v) is 8.47. The molecule has 1 N–H and O–H groups in total. The Balaban J connectivity index is 1.81. The van der Waals surface area contributed by atoms with Crippen molar-refractivity contribution in [2.45, 2.75) is 33.2 Å². The molecule has 2 aromatic heterocycles. The number of hydrogen-bond donors (Lipinski definition) is 1. The first-order valence-electron chi connectivity index (χ1n) is 8.85. The summed E-state index contributed by atoms with van der Waals surface area (Å²) in [5.41, 5.74) is 2.46. The van der Waals surface area contributed by atoms with E-state index in [9.17, 15) is 5.11 Å². The predicted molar refractivity (Wildman–Crippen MR) is 100 cm³/mol. The van der Waals surface area contributed by atoms with Crippen LogP contribution in [0.5, 0.6) is 5.88 Å². The Morgan fingerprint density at radius 1 is 1.16 bits per heavy atom. The lowest BCUT2D eigenvalue weighted by atomic mass is 9.89. The van der Waals surface area contributed by atoms with Gasteiger partial charge in [0.15, 0.2) is 0 Å². The summed E-state index contributed by atoms with van der Waals surface area (Å²) < 4.78 is 1.54. The van der Waals surface area contributed by atoms with E-state index < -0.39 is 0 Å². The molecule has 1 aromatic carbocycles. The van der Waals surface area contributed by atoms with E-state index in [1.807, 2.05) is 0 Å². The summed E-state index contributed by atoms with van der Waals surface area (Å²) >= 11 is 1.53. The molecule has 3 heterocycles. The molecule has 132 valence electrons. The van der Waals surface area contributed by atoms with Crippen LogP contribution in [0, 0.1) is 18.8 Å². The summed E-state index contributed by atoms with van der Waals surface area (Å²) in [7, 11) is 0. The lowest BCUT2D eigenvalue weighted by Gasteiger charge is -2.40. The highest BCUT2D eigenvalue weighted by Crippen LogP contribution is 2.41. The van der Waals surface area contributed by atoms with Crippen molar-refractivity contribution in [3.8, 4) is 5.88 Å². The Hall–Kier alpha value is -1.92. The van der Waals surface area contributed by atoms with E-state index in [0.717, 1.165) is 22.9 Å². The third-order valence-corrected chi connectivity index (χ3v) is 6.13. The number of piperidine rings is 1. The maximum absolute atomic E-state index is 10.8. The van der Waals surface area contributed by atoms with Crippen molar-refractivity contribution in [1.82, 2.24) is 19.5 Å². The average Bonchev–Trinajstić information content (AvgIpc) is 3.13. The quantitative estimate of drug-likeness (QED) is 0.774. The van der Waals surface area contributed by atoms with Crippen molar-refractivity contribution in [2.75, 3.05) is 13.1 Å². The van der Waals surface area contributed by atoms with Crippen molar-refractivity contribution >= 4 is 16.3 Å². The van der Waals surface area contributed by atoms with Crippen molar-refractivity contribution in [3.63, 3.8) is 0 Å². The Kier molecular flexibility index (Phi) is 4.25. The lowest BCUT2D eigenvalue weighted by Crippen LogP contribution is -2.41. The summed E-state index contributed by atoms with van der Waals surface area (Å²) in [6, 6.07) is 8.69. The van der Waals surface area contributed by atoms with E-state index >= 15 is 0 Å². The smallest absolute Gasteiger partial charge is 0.230 e. The first kappa shape index (κ1) is 16.5. The van der Waals surface area contributed by atoms with Gasteiger partial charge < -0.3 is 5.11 Å². The molecule has 0 unspecified atom stereocenters. The van der Waals surface area contributed by atoms with E-state index in [-0.39, 0.29) is 11.9 Å². The van der Waals surface area contributed by atoms with Gasteiger partial charge in [0.25, 0.3) is 0 Å². The Labute approximate surface area is 151 Å². The van der Waals surface area contributed by atoms with Gasteiger partial charge in [-0.3, -0.25) is 4.90 Å². The SMILES string of the molecule is Cc1ccc([C@H](c2sc3ncnn3c2O)N2C[C@@H](C)C[C@H](C)C2)cc1. The zero-order chi connectivity index (χ0) is 17.6. The Bertz CT molecular complexity index is 859. The van der Waals surface area contributed by atoms with Crippen LogP contribution in [0.25, 0.3) is 4.96 Å². The van der Waals surface area contributed by atoms with E-state index in [4.69, 9.17) is 0 Å². The van der Waals surface area contributed by atoms with Gasteiger partial charge in [0.05, 0.1) is 10.9 Å². The molecule has 25 heavy (non-hydrogen) atoms. The van der Waals surface area contributed by atoms with Crippen LogP contribution < -0.4 is 0 Å². The fourth-order valence-corrected chi connectivity index (χ4v) is 5.16. The maximum Gasteiger partial charge on any atom is 0.230 e. The molecule has 0 radical (unpaired) electrons. The first-order valence-corrected chi connectivity index (χ1v) is 9.66. The molecule has 0 amide bonds. The number of aromatic nitrogens is 3. The lowest BCUT2D eigenvalue weighted by molar-refractivity contribution is 0.112. The minimum absolute atomic E-state index is 0.0410. The number of likely N-dealkylation sites (tertiary alicyclic amines) is 1. The number of nitrogens with zero attached hydrogens (tertiary/aromatic N) is 4. The molecule has 1 aliphatic rings. The standard InChI is InChI=1S/C19H24N4OS/c1-12-4-6-15(7-5-12)16(22-9-13(2)8-14(3)10-22)17-18(24)23-19(25-17)20-11-21-23/h4-7,11,13-14,16,24H,8-10H2,1-3H3/t13-,14-,16+/m0/s1. The third-order valence-electron chi connectivity index (χ3n) is 5.04. The highest BCUT2D eigenvalue weighted by molar-refractivity contribution is 7.17. The molecule has 1 saturated heterocycles. The molecule has 5 nitrogen and oxygen atoms in total. The number of rotatable bonds is 3. The average molecular weight is 356 g/mol. The molecule has 0 bridgehead atoms. The molecule has 1 fully saturated rings. The zero-order valence-corrected chi connectivity index (χ0v) is 15.7. The van der Waals surface area contributed by atoms with Gasteiger partial charge in [0.2, 0.25) is 10.8 Å². The summed E-state index contributed by atoms with van der Waals surface area (Å²) in [5, 5.41) is 14.9. The van der Waals surface area contributed by atoms with Crippen LogP contribution in [0.15, 0.2) is 30.6 Å². The zero-order valence-electron chi connectivity index (χ0n) is 14.9. The summed E-state index contributed by atoms with van der Waals surface area (Å²) in [4.78, 5) is 8.44. The van der Waals surface area contributed by atoms with E-state index in [0.29, 0.717) is 11.8 Å². The van der Waals surface area contributed by atoms with E-state index in [1.54, 1.807) is 0 Å². The number of aryl methyl sites for hydroxylation is 1. The highest BCUT2D eigenvalue weighted by Gasteiger charge is 2.33. The van der Waals surface area contributed by atoms with Crippen molar-refractivity contribution in [2.24, 2.45) is 11.8 Å². The van der Waals surface area contributed by atoms with Crippen LogP contribution in [-0.2, 0) is 0 Å². The van der Waals surface area contributed by atoms with Crippen molar-refractivity contribution in [3.05, 3.63) is 46.6 Å². The maximum atomic E-state index is 10.8.